The van der Waals surface area contributed by atoms with Gasteiger partial charge in [-0.15, -0.1) is 6.58 Å². The molecular formula is C15H31NO2. The van der Waals surface area contributed by atoms with Crippen LogP contribution in [0.2, 0.25) is 0 Å². The molecule has 0 aliphatic heterocycles. The average Bonchev–Trinajstić information content (AvgIpc) is 2.33. The summed E-state index contributed by atoms with van der Waals surface area (Å²) >= 11 is 0. The van der Waals surface area contributed by atoms with Gasteiger partial charge in [-0.05, 0) is 30.7 Å². The maximum Gasteiger partial charge on any atom is 0.0700 e. The van der Waals surface area contributed by atoms with E-state index in [2.05, 4.69) is 38.7 Å². The molecule has 0 aromatic rings. The molecule has 0 bridgehead atoms. The molecule has 0 aliphatic rings. The van der Waals surface area contributed by atoms with E-state index >= 15 is 0 Å². The van der Waals surface area contributed by atoms with E-state index in [0.717, 1.165) is 32.5 Å². The first-order valence-corrected chi connectivity index (χ1v) is 6.95. The van der Waals surface area contributed by atoms with Crippen LogP contribution in [0.4, 0.5) is 0 Å². The molecule has 0 aliphatic carbocycles. The van der Waals surface area contributed by atoms with Crippen molar-refractivity contribution in [2.75, 3.05) is 40.0 Å². The van der Waals surface area contributed by atoms with Gasteiger partial charge in [-0.25, -0.2) is 0 Å². The van der Waals surface area contributed by atoms with Gasteiger partial charge in [0.05, 0.1) is 13.2 Å². The third-order valence-electron chi connectivity index (χ3n) is 3.04. The van der Waals surface area contributed by atoms with Crippen LogP contribution in [0.15, 0.2) is 12.7 Å². The smallest absolute Gasteiger partial charge is 0.0700 e. The molecule has 0 aromatic heterocycles. The van der Waals surface area contributed by atoms with Crippen molar-refractivity contribution in [1.29, 1.82) is 0 Å². The van der Waals surface area contributed by atoms with E-state index < -0.39 is 0 Å². The van der Waals surface area contributed by atoms with E-state index in [4.69, 9.17) is 9.47 Å². The highest BCUT2D eigenvalue weighted by Crippen LogP contribution is 2.23. The highest BCUT2D eigenvalue weighted by molar-refractivity contribution is 4.93. The lowest BCUT2D eigenvalue weighted by molar-refractivity contribution is 0.0658. The molecule has 1 atom stereocenters. The Morgan fingerprint density at radius 1 is 1.28 bits per heavy atom. The lowest BCUT2D eigenvalue weighted by Crippen LogP contribution is -2.32. The molecule has 0 saturated carbocycles. The largest absolute Gasteiger partial charge is 0.382 e. The quantitative estimate of drug-likeness (QED) is 0.431. The van der Waals surface area contributed by atoms with Gasteiger partial charge in [-0.2, -0.15) is 0 Å². The molecule has 3 nitrogen and oxygen atoms in total. The number of nitrogens with one attached hydrogen (secondary N) is 1. The van der Waals surface area contributed by atoms with E-state index in [9.17, 15) is 0 Å². The van der Waals surface area contributed by atoms with Crippen LogP contribution in [0.3, 0.4) is 0 Å². The van der Waals surface area contributed by atoms with Crippen molar-refractivity contribution in [2.24, 2.45) is 11.3 Å². The van der Waals surface area contributed by atoms with Gasteiger partial charge >= 0.3 is 0 Å². The minimum Gasteiger partial charge on any atom is -0.382 e. The molecule has 1 N–H and O–H groups in total. The summed E-state index contributed by atoms with van der Waals surface area (Å²) in [7, 11) is 1.69. The Kier molecular flexibility index (Phi) is 10.3. The summed E-state index contributed by atoms with van der Waals surface area (Å²) in [4.78, 5) is 0. The molecule has 0 aromatic carbocycles. The van der Waals surface area contributed by atoms with Gasteiger partial charge in [-0.3, -0.25) is 0 Å². The maximum absolute atomic E-state index is 5.48. The SMILES string of the molecule is C=CC(C)(CCCOCCOC)CNCC(C)C. The molecule has 1 unspecified atom stereocenters. The second-order valence-corrected chi connectivity index (χ2v) is 5.59. The third-order valence-corrected chi connectivity index (χ3v) is 3.04. The summed E-state index contributed by atoms with van der Waals surface area (Å²) in [5.41, 5.74) is 0.166. The van der Waals surface area contributed by atoms with Gasteiger partial charge in [0.1, 0.15) is 0 Å². The van der Waals surface area contributed by atoms with E-state index in [0.29, 0.717) is 19.1 Å². The fraction of sp³-hybridized carbons (Fsp3) is 0.867. The number of ether oxygens (including phenoxy) is 2. The molecule has 0 saturated heterocycles. The summed E-state index contributed by atoms with van der Waals surface area (Å²) in [5.74, 6) is 0.691. The Morgan fingerprint density at radius 3 is 2.56 bits per heavy atom. The van der Waals surface area contributed by atoms with Gasteiger partial charge in [0.25, 0.3) is 0 Å². The van der Waals surface area contributed by atoms with Crippen LogP contribution in [0.1, 0.15) is 33.6 Å². The minimum atomic E-state index is 0.166. The fourth-order valence-corrected chi connectivity index (χ4v) is 1.73. The maximum atomic E-state index is 5.48. The average molecular weight is 257 g/mol. The van der Waals surface area contributed by atoms with Crippen molar-refractivity contribution in [3.8, 4) is 0 Å². The number of methoxy groups -OCH3 is 1. The van der Waals surface area contributed by atoms with Crippen molar-refractivity contribution in [1.82, 2.24) is 5.32 Å². The van der Waals surface area contributed by atoms with Crippen LogP contribution in [-0.2, 0) is 9.47 Å². The zero-order valence-corrected chi connectivity index (χ0v) is 12.6. The Bertz CT molecular complexity index is 207. The zero-order valence-electron chi connectivity index (χ0n) is 12.6. The number of hydrogen-bond donors (Lipinski definition) is 1. The first-order valence-electron chi connectivity index (χ1n) is 6.95. The third kappa shape index (κ3) is 9.63. The molecule has 0 fully saturated rings. The molecule has 0 amide bonds. The van der Waals surface area contributed by atoms with Gasteiger partial charge in [-0.1, -0.05) is 26.8 Å². The summed E-state index contributed by atoms with van der Waals surface area (Å²) in [5, 5.41) is 3.51. The van der Waals surface area contributed by atoms with E-state index in [-0.39, 0.29) is 5.41 Å². The van der Waals surface area contributed by atoms with Gasteiger partial charge in [0.2, 0.25) is 0 Å². The highest BCUT2D eigenvalue weighted by atomic mass is 16.5. The van der Waals surface area contributed by atoms with Gasteiger partial charge in [0, 0.05) is 20.3 Å². The van der Waals surface area contributed by atoms with Gasteiger partial charge < -0.3 is 14.8 Å². The van der Waals surface area contributed by atoms with Crippen LogP contribution in [-0.4, -0.2) is 40.0 Å². The molecular weight excluding hydrogens is 226 g/mol. The number of hydrogen-bond acceptors (Lipinski definition) is 3. The Balaban J connectivity index is 3.68. The molecule has 0 heterocycles. The van der Waals surface area contributed by atoms with Crippen LogP contribution >= 0.6 is 0 Å². The van der Waals surface area contributed by atoms with Crippen LogP contribution in [0.25, 0.3) is 0 Å². The second kappa shape index (κ2) is 10.5. The van der Waals surface area contributed by atoms with Crippen molar-refractivity contribution >= 4 is 0 Å². The standard InChI is InChI=1S/C15H31NO2/c1-6-15(4,13-16-12-14(2)3)8-7-9-18-11-10-17-5/h6,14,16H,1,7-13H2,2-5H3. The predicted octanol–water partition coefficient (Wildman–Crippen LogP) is 2.87. The predicted molar refractivity (Wildman–Crippen MR) is 77.9 cm³/mol. The number of rotatable bonds is 12. The van der Waals surface area contributed by atoms with Crippen LogP contribution < -0.4 is 5.32 Å². The molecule has 108 valence electrons. The van der Waals surface area contributed by atoms with Crippen molar-refractivity contribution in [3.05, 3.63) is 12.7 Å². The molecule has 3 heteroatoms. The van der Waals surface area contributed by atoms with Crippen LogP contribution in [0.5, 0.6) is 0 Å². The monoisotopic (exact) mass is 257 g/mol. The van der Waals surface area contributed by atoms with Gasteiger partial charge in [0.15, 0.2) is 0 Å². The summed E-state index contributed by atoms with van der Waals surface area (Å²) in [6.45, 7) is 14.9. The topological polar surface area (TPSA) is 30.5 Å². The van der Waals surface area contributed by atoms with Crippen molar-refractivity contribution in [3.63, 3.8) is 0 Å². The molecule has 0 radical (unpaired) electrons. The normalized spacial score (nSPS) is 14.7. The first kappa shape index (κ1) is 17.6. The Labute approximate surface area is 113 Å². The summed E-state index contributed by atoms with van der Waals surface area (Å²) in [6, 6.07) is 0. The van der Waals surface area contributed by atoms with E-state index in [1.165, 1.54) is 0 Å². The van der Waals surface area contributed by atoms with Crippen molar-refractivity contribution < 1.29 is 9.47 Å². The lowest BCUT2D eigenvalue weighted by atomic mass is 9.85. The molecule has 0 rings (SSSR count). The van der Waals surface area contributed by atoms with E-state index in [1.807, 2.05) is 0 Å². The van der Waals surface area contributed by atoms with E-state index in [1.54, 1.807) is 7.11 Å². The summed E-state index contributed by atoms with van der Waals surface area (Å²) < 4.78 is 10.4. The second-order valence-electron chi connectivity index (χ2n) is 5.59. The fourth-order valence-electron chi connectivity index (χ4n) is 1.73. The summed E-state index contributed by atoms with van der Waals surface area (Å²) in [6.07, 6.45) is 4.24. The highest BCUT2D eigenvalue weighted by Gasteiger charge is 2.19. The Morgan fingerprint density at radius 2 is 2.00 bits per heavy atom. The Hall–Kier alpha value is -0.380. The lowest BCUT2D eigenvalue weighted by Gasteiger charge is -2.26. The zero-order chi connectivity index (χ0) is 13.9. The molecule has 18 heavy (non-hydrogen) atoms. The first-order chi connectivity index (χ1) is 8.54. The minimum absolute atomic E-state index is 0.166. The molecule has 0 spiro atoms. The van der Waals surface area contributed by atoms with Crippen LogP contribution in [0, 0.1) is 11.3 Å². The van der Waals surface area contributed by atoms with Crippen molar-refractivity contribution in [2.45, 2.75) is 33.6 Å².